The average molecular weight is 417 g/mol. The Morgan fingerprint density at radius 2 is 1.70 bits per heavy atom. The van der Waals surface area contributed by atoms with Crippen LogP contribution < -0.4 is 0 Å². The Morgan fingerprint density at radius 3 is 2.40 bits per heavy atom. The van der Waals surface area contributed by atoms with E-state index in [1.807, 2.05) is 13.0 Å². The molecule has 1 unspecified atom stereocenters. The summed E-state index contributed by atoms with van der Waals surface area (Å²) in [7, 11) is 0. The maximum absolute atomic E-state index is 13.2. The van der Waals surface area contributed by atoms with Crippen LogP contribution in [0.15, 0.2) is 11.6 Å². The molecule has 4 aliphatic carbocycles. The van der Waals surface area contributed by atoms with Crippen molar-refractivity contribution in [2.24, 2.45) is 46.3 Å². The molecule has 3 saturated carbocycles. The summed E-state index contributed by atoms with van der Waals surface area (Å²) < 4.78 is 0. The van der Waals surface area contributed by atoms with Gasteiger partial charge in [-0.1, -0.05) is 59.5 Å². The normalized spacial score (nSPS) is 43.6. The fourth-order valence-corrected chi connectivity index (χ4v) is 8.49. The van der Waals surface area contributed by atoms with Crippen LogP contribution >= 0.6 is 0 Å². The molecule has 3 heteroatoms. The van der Waals surface area contributed by atoms with Crippen LogP contribution in [0.2, 0.25) is 0 Å². The van der Waals surface area contributed by atoms with Crippen LogP contribution in [0.25, 0.3) is 0 Å². The molecular formula is C27H44O3. The Labute approximate surface area is 183 Å². The monoisotopic (exact) mass is 416 g/mol. The Morgan fingerprint density at radius 1 is 0.967 bits per heavy atom. The highest BCUT2D eigenvalue weighted by Crippen LogP contribution is 2.67. The fraction of sp³-hybridized carbons (Fsp3) is 0.889. The SMILES string of the molecule is CC(C)CCC[C@@H](C)[C@H]1CC[C@H]2C3=CC(=O)C4CCCC(O)(O)[C@]4(C)[C@H]3CC[C@]12C. The number of hydrogen-bond donors (Lipinski definition) is 2. The zero-order valence-electron chi connectivity index (χ0n) is 19.9. The summed E-state index contributed by atoms with van der Waals surface area (Å²) in [6.07, 6.45) is 12.4. The molecule has 4 aliphatic rings. The summed E-state index contributed by atoms with van der Waals surface area (Å²) in [6, 6.07) is 0. The quantitative estimate of drug-likeness (QED) is 0.550. The van der Waals surface area contributed by atoms with Crippen molar-refractivity contribution >= 4 is 5.78 Å². The standard InChI is InChI=1S/C27H44O3/c1-17(2)8-6-9-18(3)20-11-12-21-19-16-24(28)23-10-7-14-27(29,30)26(23,5)22(19)13-15-25(20,21)4/h16-18,20-23,29-30H,6-15H2,1-5H3/t18-,20-,21+,22+,23?,25-,26-/m1/s1. The van der Waals surface area contributed by atoms with E-state index >= 15 is 0 Å². The first kappa shape index (κ1) is 22.5. The Bertz CT molecular complexity index is 707. The smallest absolute Gasteiger partial charge is 0.169 e. The number of rotatable bonds is 5. The van der Waals surface area contributed by atoms with Crippen molar-refractivity contribution in [3.05, 3.63) is 11.6 Å². The minimum atomic E-state index is -1.73. The molecule has 2 N–H and O–H groups in total. The Balaban J connectivity index is 1.60. The van der Waals surface area contributed by atoms with Gasteiger partial charge >= 0.3 is 0 Å². The lowest BCUT2D eigenvalue weighted by molar-refractivity contribution is -0.287. The predicted octanol–water partition coefficient (Wildman–Crippen LogP) is 5.89. The van der Waals surface area contributed by atoms with Crippen LogP contribution in [0.3, 0.4) is 0 Å². The zero-order chi connectivity index (χ0) is 21.9. The third-order valence-electron chi connectivity index (χ3n) is 10.3. The number of ketones is 1. The van der Waals surface area contributed by atoms with E-state index in [0.717, 1.165) is 49.9 Å². The fourth-order valence-electron chi connectivity index (χ4n) is 8.49. The lowest BCUT2D eigenvalue weighted by Crippen LogP contribution is -2.62. The van der Waals surface area contributed by atoms with Crippen LogP contribution in [0, 0.1) is 46.3 Å². The van der Waals surface area contributed by atoms with E-state index in [-0.39, 0.29) is 23.0 Å². The molecule has 0 spiro atoms. The van der Waals surface area contributed by atoms with Gasteiger partial charge in [-0.3, -0.25) is 4.79 Å². The van der Waals surface area contributed by atoms with Gasteiger partial charge in [-0.15, -0.1) is 0 Å². The van der Waals surface area contributed by atoms with Crippen molar-refractivity contribution in [2.45, 2.75) is 105 Å². The number of hydrogen-bond acceptors (Lipinski definition) is 3. The molecule has 3 fully saturated rings. The molecule has 0 aromatic carbocycles. The number of allylic oxidation sites excluding steroid dienone is 2. The highest BCUT2D eigenvalue weighted by molar-refractivity contribution is 5.94. The molecule has 0 aliphatic heterocycles. The van der Waals surface area contributed by atoms with Gasteiger partial charge in [0, 0.05) is 17.8 Å². The lowest BCUT2D eigenvalue weighted by Gasteiger charge is -2.60. The topological polar surface area (TPSA) is 57.5 Å². The van der Waals surface area contributed by atoms with Crippen molar-refractivity contribution in [3.63, 3.8) is 0 Å². The summed E-state index contributed by atoms with van der Waals surface area (Å²) >= 11 is 0. The van der Waals surface area contributed by atoms with Crippen molar-refractivity contribution < 1.29 is 15.0 Å². The number of aliphatic hydroxyl groups is 2. The molecule has 0 radical (unpaired) electrons. The van der Waals surface area contributed by atoms with E-state index < -0.39 is 11.2 Å². The molecule has 0 bridgehead atoms. The summed E-state index contributed by atoms with van der Waals surface area (Å²) in [4.78, 5) is 13.2. The molecule has 0 heterocycles. The van der Waals surface area contributed by atoms with Crippen molar-refractivity contribution in [1.29, 1.82) is 0 Å². The van der Waals surface area contributed by atoms with E-state index in [0.29, 0.717) is 12.3 Å². The van der Waals surface area contributed by atoms with Crippen molar-refractivity contribution in [1.82, 2.24) is 0 Å². The second kappa shape index (κ2) is 7.73. The summed E-state index contributed by atoms with van der Waals surface area (Å²) in [6.45, 7) is 11.6. The van der Waals surface area contributed by atoms with Crippen LogP contribution in [-0.4, -0.2) is 21.8 Å². The van der Waals surface area contributed by atoms with E-state index in [4.69, 9.17) is 0 Å². The molecule has 0 amide bonds. The average Bonchev–Trinajstić information content (AvgIpc) is 3.00. The largest absolute Gasteiger partial charge is 0.365 e. The van der Waals surface area contributed by atoms with Crippen molar-refractivity contribution in [3.8, 4) is 0 Å². The Hall–Kier alpha value is -0.670. The van der Waals surface area contributed by atoms with Crippen LogP contribution in [0.5, 0.6) is 0 Å². The first-order valence-electron chi connectivity index (χ1n) is 12.7. The highest BCUT2D eigenvalue weighted by atomic mass is 16.5. The van der Waals surface area contributed by atoms with Gasteiger partial charge in [0.25, 0.3) is 0 Å². The van der Waals surface area contributed by atoms with E-state index in [2.05, 4.69) is 27.7 Å². The second-order valence-corrected chi connectivity index (χ2v) is 12.2. The Kier molecular flexibility index (Phi) is 5.80. The molecule has 30 heavy (non-hydrogen) atoms. The van der Waals surface area contributed by atoms with Gasteiger partial charge in [-0.05, 0) is 79.6 Å². The molecule has 0 aromatic rings. The minimum absolute atomic E-state index is 0.142. The minimum Gasteiger partial charge on any atom is -0.365 e. The predicted molar refractivity (Wildman–Crippen MR) is 121 cm³/mol. The maximum Gasteiger partial charge on any atom is 0.169 e. The number of fused-ring (bicyclic) bond motifs is 5. The first-order valence-corrected chi connectivity index (χ1v) is 12.7. The van der Waals surface area contributed by atoms with Gasteiger partial charge in [0.1, 0.15) is 0 Å². The number of carbonyl (C=O) groups is 1. The third kappa shape index (κ3) is 3.25. The van der Waals surface area contributed by atoms with E-state index in [1.54, 1.807) is 0 Å². The second-order valence-electron chi connectivity index (χ2n) is 12.2. The molecule has 7 atom stereocenters. The summed E-state index contributed by atoms with van der Waals surface area (Å²) in [5, 5.41) is 22.1. The van der Waals surface area contributed by atoms with Crippen molar-refractivity contribution in [2.75, 3.05) is 0 Å². The van der Waals surface area contributed by atoms with Gasteiger partial charge in [-0.25, -0.2) is 0 Å². The van der Waals surface area contributed by atoms with Gasteiger partial charge in [-0.2, -0.15) is 0 Å². The van der Waals surface area contributed by atoms with Gasteiger partial charge in [0.05, 0.1) is 0 Å². The van der Waals surface area contributed by atoms with Crippen LogP contribution in [0.1, 0.15) is 98.8 Å². The van der Waals surface area contributed by atoms with E-state index in [1.165, 1.54) is 31.3 Å². The van der Waals surface area contributed by atoms with Crippen LogP contribution in [0.4, 0.5) is 0 Å². The zero-order valence-corrected chi connectivity index (χ0v) is 19.9. The van der Waals surface area contributed by atoms with Gasteiger partial charge in [0.15, 0.2) is 11.6 Å². The number of carbonyl (C=O) groups excluding carboxylic acids is 1. The maximum atomic E-state index is 13.2. The summed E-state index contributed by atoms with van der Waals surface area (Å²) in [5.74, 6) is 1.00. The molecule has 4 rings (SSSR count). The molecular weight excluding hydrogens is 372 g/mol. The highest BCUT2D eigenvalue weighted by Gasteiger charge is 2.65. The molecule has 3 nitrogen and oxygen atoms in total. The van der Waals surface area contributed by atoms with Gasteiger partial charge < -0.3 is 10.2 Å². The first-order chi connectivity index (χ1) is 14.0. The molecule has 0 saturated heterocycles. The summed E-state index contributed by atoms with van der Waals surface area (Å²) in [5.41, 5.74) is 0.804. The molecule has 170 valence electrons. The molecule has 0 aromatic heterocycles. The van der Waals surface area contributed by atoms with E-state index in [9.17, 15) is 15.0 Å². The van der Waals surface area contributed by atoms with Gasteiger partial charge in [0.2, 0.25) is 0 Å². The van der Waals surface area contributed by atoms with Crippen LogP contribution in [-0.2, 0) is 4.79 Å². The lowest BCUT2D eigenvalue weighted by atomic mass is 9.46. The third-order valence-corrected chi connectivity index (χ3v) is 10.3.